The maximum atomic E-state index is 5.76. The topological polar surface area (TPSA) is 74.2 Å². The third-order valence-electron chi connectivity index (χ3n) is 3.42. The lowest BCUT2D eigenvalue weighted by molar-refractivity contribution is 0.306. The van der Waals surface area contributed by atoms with Crippen molar-refractivity contribution in [1.82, 2.24) is 10.1 Å². The molecule has 3 rings (SSSR count). The molecule has 2 aromatic carbocycles. The molecule has 3 aromatic rings. The lowest BCUT2D eigenvalue weighted by Crippen LogP contribution is -2.00. The number of rotatable bonds is 7. The van der Waals surface area contributed by atoms with Crippen LogP contribution >= 0.6 is 0 Å². The molecule has 0 fully saturated rings. The Hall–Kier alpha value is -2.66. The van der Waals surface area contributed by atoms with Crippen molar-refractivity contribution in [3.8, 4) is 17.1 Å². The minimum Gasteiger partial charge on any atom is -0.489 e. The van der Waals surface area contributed by atoms with Gasteiger partial charge in [0.05, 0.1) is 0 Å². The van der Waals surface area contributed by atoms with E-state index < -0.39 is 0 Å². The first-order valence-electron chi connectivity index (χ1n) is 7.65. The van der Waals surface area contributed by atoms with E-state index >= 15 is 0 Å². The van der Waals surface area contributed by atoms with E-state index in [-0.39, 0.29) is 0 Å². The van der Waals surface area contributed by atoms with E-state index in [0.29, 0.717) is 31.3 Å². The number of nitrogens with two attached hydrogens (primary N) is 1. The van der Waals surface area contributed by atoms with Gasteiger partial charge in [-0.05, 0) is 42.8 Å². The van der Waals surface area contributed by atoms with Crippen LogP contribution in [0.4, 0.5) is 0 Å². The lowest BCUT2D eigenvalue weighted by Gasteiger charge is -2.06. The normalized spacial score (nSPS) is 10.7. The first-order chi connectivity index (χ1) is 11.3. The molecule has 5 heteroatoms. The second kappa shape index (κ2) is 7.56. The van der Waals surface area contributed by atoms with Crippen LogP contribution in [0.25, 0.3) is 11.4 Å². The molecule has 5 nitrogen and oxygen atoms in total. The van der Waals surface area contributed by atoms with Gasteiger partial charge in [0.15, 0.2) is 0 Å². The lowest BCUT2D eigenvalue weighted by atomic mass is 10.2. The molecule has 0 aliphatic rings. The highest BCUT2D eigenvalue weighted by molar-refractivity contribution is 5.55. The molecule has 1 aromatic heterocycles. The maximum Gasteiger partial charge on any atom is 0.227 e. The van der Waals surface area contributed by atoms with E-state index in [4.69, 9.17) is 15.0 Å². The third kappa shape index (κ3) is 4.17. The molecule has 0 bridgehead atoms. The Morgan fingerprint density at radius 3 is 2.52 bits per heavy atom. The molecule has 23 heavy (non-hydrogen) atoms. The fraction of sp³-hybridized carbons (Fsp3) is 0.222. The Kier molecular flexibility index (Phi) is 5.01. The minimum absolute atomic E-state index is 0.547. The molecule has 0 radical (unpaired) electrons. The summed E-state index contributed by atoms with van der Waals surface area (Å²) in [6, 6.07) is 17.7. The molecule has 0 spiro atoms. The number of aromatic nitrogens is 2. The van der Waals surface area contributed by atoms with Crippen LogP contribution in [0.15, 0.2) is 59.1 Å². The molecule has 0 unspecified atom stereocenters. The molecule has 1 heterocycles. The van der Waals surface area contributed by atoms with E-state index in [1.807, 2.05) is 54.6 Å². The van der Waals surface area contributed by atoms with Crippen LogP contribution in [0.3, 0.4) is 0 Å². The van der Waals surface area contributed by atoms with Crippen molar-refractivity contribution in [2.45, 2.75) is 19.4 Å². The summed E-state index contributed by atoms with van der Waals surface area (Å²) in [5, 5.41) is 3.99. The van der Waals surface area contributed by atoms with Gasteiger partial charge in [0.25, 0.3) is 0 Å². The SMILES string of the molecule is NCCCc1nc(-c2ccc(OCc3ccccc3)cc2)no1. The van der Waals surface area contributed by atoms with Gasteiger partial charge in [0.1, 0.15) is 12.4 Å². The quantitative estimate of drug-likeness (QED) is 0.725. The van der Waals surface area contributed by atoms with Crippen molar-refractivity contribution in [2.24, 2.45) is 5.73 Å². The number of hydrogen-bond donors (Lipinski definition) is 1. The molecule has 0 atom stereocenters. The predicted octanol–water partition coefficient (Wildman–Crippen LogP) is 3.21. The van der Waals surface area contributed by atoms with Gasteiger partial charge < -0.3 is 15.0 Å². The van der Waals surface area contributed by atoms with Gasteiger partial charge in [-0.3, -0.25) is 0 Å². The van der Waals surface area contributed by atoms with Gasteiger partial charge >= 0.3 is 0 Å². The van der Waals surface area contributed by atoms with Crippen LogP contribution in [0.5, 0.6) is 5.75 Å². The van der Waals surface area contributed by atoms with Crippen molar-refractivity contribution in [3.05, 3.63) is 66.1 Å². The molecular weight excluding hydrogens is 290 g/mol. The Morgan fingerprint density at radius 2 is 1.78 bits per heavy atom. The molecule has 0 aliphatic carbocycles. The van der Waals surface area contributed by atoms with Crippen LogP contribution in [0.1, 0.15) is 17.9 Å². The van der Waals surface area contributed by atoms with Gasteiger partial charge in [-0.25, -0.2) is 0 Å². The van der Waals surface area contributed by atoms with E-state index in [1.165, 1.54) is 0 Å². The highest BCUT2D eigenvalue weighted by Gasteiger charge is 2.08. The van der Waals surface area contributed by atoms with Crippen molar-refractivity contribution < 1.29 is 9.26 Å². The molecule has 0 saturated carbocycles. The second-order valence-corrected chi connectivity index (χ2v) is 5.20. The van der Waals surface area contributed by atoms with Crippen LogP contribution in [0.2, 0.25) is 0 Å². The van der Waals surface area contributed by atoms with E-state index in [0.717, 1.165) is 23.3 Å². The van der Waals surface area contributed by atoms with Gasteiger partial charge in [-0.2, -0.15) is 4.98 Å². The van der Waals surface area contributed by atoms with E-state index in [2.05, 4.69) is 10.1 Å². The summed E-state index contributed by atoms with van der Waals surface area (Å²) in [5.74, 6) is 2.02. The second-order valence-electron chi connectivity index (χ2n) is 5.20. The summed E-state index contributed by atoms with van der Waals surface area (Å²) in [4.78, 5) is 4.37. The highest BCUT2D eigenvalue weighted by Crippen LogP contribution is 2.21. The van der Waals surface area contributed by atoms with Crippen molar-refractivity contribution in [2.75, 3.05) is 6.54 Å². The average Bonchev–Trinajstić information content (AvgIpc) is 3.08. The zero-order valence-electron chi connectivity index (χ0n) is 12.8. The number of benzene rings is 2. The fourth-order valence-corrected chi connectivity index (χ4v) is 2.17. The number of ether oxygens (including phenoxy) is 1. The van der Waals surface area contributed by atoms with Crippen molar-refractivity contribution >= 4 is 0 Å². The number of hydrogen-bond acceptors (Lipinski definition) is 5. The first-order valence-corrected chi connectivity index (χ1v) is 7.65. The Balaban J connectivity index is 1.61. The fourth-order valence-electron chi connectivity index (χ4n) is 2.17. The van der Waals surface area contributed by atoms with Crippen LogP contribution in [-0.4, -0.2) is 16.7 Å². The highest BCUT2D eigenvalue weighted by atomic mass is 16.5. The van der Waals surface area contributed by atoms with Crippen molar-refractivity contribution in [1.29, 1.82) is 0 Å². The molecular formula is C18H19N3O2. The molecule has 2 N–H and O–H groups in total. The summed E-state index contributed by atoms with van der Waals surface area (Å²) in [6.07, 6.45) is 1.55. The number of nitrogens with zero attached hydrogens (tertiary/aromatic N) is 2. The molecule has 0 amide bonds. The monoisotopic (exact) mass is 309 g/mol. The third-order valence-corrected chi connectivity index (χ3v) is 3.42. The smallest absolute Gasteiger partial charge is 0.227 e. The largest absolute Gasteiger partial charge is 0.489 e. The zero-order valence-corrected chi connectivity index (χ0v) is 12.8. The Bertz CT molecular complexity index is 724. The molecule has 118 valence electrons. The van der Waals surface area contributed by atoms with E-state index in [9.17, 15) is 0 Å². The predicted molar refractivity (Wildman–Crippen MR) is 87.9 cm³/mol. The standard InChI is InChI=1S/C18H19N3O2/c19-12-4-7-17-20-18(21-23-17)15-8-10-16(11-9-15)22-13-14-5-2-1-3-6-14/h1-3,5-6,8-11H,4,7,12-13,19H2. The van der Waals surface area contributed by atoms with Gasteiger partial charge in [0.2, 0.25) is 11.7 Å². The zero-order chi connectivity index (χ0) is 15.9. The molecule has 0 aliphatic heterocycles. The summed E-state index contributed by atoms with van der Waals surface area (Å²) in [5.41, 5.74) is 7.52. The Morgan fingerprint density at radius 1 is 1.00 bits per heavy atom. The Labute approximate surface area is 135 Å². The maximum absolute atomic E-state index is 5.76. The average molecular weight is 309 g/mol. The van der Waals surface area contributed by atoms with Crippen LogP contribution in [0, 0.1) is 0 Å². The van der Waals surface area contributed by atoms with Crippen LogP contribution in [-0.2, 0) is 13.0 Å². The van der Waals surface area contributed by atoms with Gasteiger partial charge in [-0.1, -0.05) is 35.5 Å². The van der Waals surface area contributed by atoms with E-state index in [1.54, 1.807) is 0 Å². The van der Waals surface area contributed by atoms with Crippen LogP contribution < -0.4 is 10.5 Å². The molecule has 0 saturated heterocycles. The summed E-state index contributed by atoms with van der Waals surface area (Å²) >= 11 is 0. The number of aryl methyl sites for hydroxylation is 1. The summed E-state index contributed by atoms with van der Waals surface area (Å²) in [7, 11) is 0. The van der Waals surface area contributed by atoms with Gasteiger partial charge in [0, 0.05) is 12.0 Å². The first kappa shape index (κ1) is 15.2. The van der Waals surface area contributed by atoms with Gasteiger partial charge in [-0.15, -0.1) is 0 Å². The summed E-state index contributed by atoms with van der Waals surface area (Å²) in [6.45, 7) is 1.16. The minimum atomic E-state index is 0.547. The van der Waals surface area contributed by atoms with Crippen molar-refractivity contribution in [3.63, 3.8) is 0 Å². The summed E-state index contributed by atoms with van der Waals surface area (Å²) < 4.78 is 11.0.